The molecule has 0 atom stereocenters. The lowest BCUT2D eigenvalue weighted by Crippen LogP contribution is -2.32. The second kappa shape index (κ2) is 5.83. The molecule has 0 spiro atoms. The van der Waals surface area contributed by atoms with Gasteiger partial charge in [-0.05, 0) is 46.7 Å². The van der Waals surface area contributed by atoms with E-state index in [0.717, 1.165) is 3.57 Å². The summed E-state index contributed by atoms with van der Waals surface area (Å²) in [4.78, 5) is 0. The van der Waals surface area contributed by atoms with Crippen molar-refractivity contribution in [2.45, 2.75) is 13.8 Å². The van der Waals surface area contributed by atoms with E-state index in [9.17, 15) is 8.42 Å². The van der Waals surface area contributed by atoms with Gasteiger partial charge in [-0.15, -0.1) is 0 Å². The van der Waals surface area contributed by atoms with Gasteiger partial charge >= 0.3 is 0 Å². The van der Waals surface area contributed by atoms with Crippen LogP contribution >= 0.6 is 22.6 Å². The van der Waals surface area contributed by atoms with E-state index < -0.39 is 10.2 Å². The summed E-state index contributed by atoms with van der Waals surface area (Å²) in [6.45, 7) is 4.33. The molecule has 0 bridgehead atoms. The molecule has 0 unspecified atom stereocenters. The zero-order valence-corrected chi connectivity index (χ0v) is 12.2. The van der Waals surface area contributed by atoms with E-state index in [4.69, 9.17) is 0 Å². The minimum Gasteiger partial charge on any atom is -0.271 e. The number of nitrogens with one attached hydrogen (secondary N) is 2. The third-order valence-corrected chi connectivity index (χ3v) is 3.48. The van der Waals surface area contributed by atoms with Crippen LogP contribution in [0.25, 0.3) is 0 Å². The summed E-state index contributed by atoms with van der Waals surface area (Å²) in [5, 5.41) is 0. The Balaban J connectivity index is 2.66. The van der Waals surface area contributed by atoms with Crippen molar-refractivity contribution in [1.82, 2.24) is 4.72 Å². The molecule has 4 nitrogen and oxygen atoms in total. The van der Waals surface area contributed by atoms with E-state index in [0.29, 0.717) is 12.2 Å². The first kappa shape index (κ1) is 13.7. The van der Waals surface area contributed by atoms with Crippen LogP contribution in [0.15, 0.2) is 24.3 Å². The lowest BCUT2D eigenvalue weighted by atomic mass is 10.2. The van der Waals surface area contributed by atoms with Gasteiger partial charge in [-0.2, -0.15) is 13.1 Å². The maximum atomic E-state index is 11.6. The Morgan fingerprint density at radius 3 is 2.62 bits per heavy atom. The van der Waals surface area contributed by atoms with Gasteiger partial charge < -0.3 is 0 Å². The normalized spacial score (nSPS) is 11.8. The zero-order chi connectivity index (χ0) is 12.2. The molecule has 6 heteroatoms. The van der Waals surface area contributed by atoms with Crippen LogP contribution < -0.4 is 9.44 Å². The molecule has 0 fully saturated rings. The van der Waals surface area contributed by atoms with Crippen LogP contribution in [0.4, 0.5) is 5.69 Å². The minimum absolute atomic E-state index is 0.285. The first-order valence-electron chi connectivity index (χ1n) is 4.92. The molecule has 2 N–H and O–H groups in total. The van der Waals surface area contributed by atoms with E-state index in [1.807, 2.05) is 26.0 Å². The summed E-state index contributed by atoms with van der Waals surface area (Å²) in [7, 11) is -3.45. The molecule has 0 saturated heterocycles. The van der Waals surface area contributed by atoms with Crippen LogP contribution in [0.2, 0.25) is 0 Å². The van der Waals surface area contributed by atoms with Crippen molar-refractivity contribution < 1.29 is 8.42 Å². The van der Waals surface area contributed by atoms with Gasteiger partial charge in [0.1, 0.15) is 0 Å². The molecule has 16 heavy (non-hydrogen) atoms. The molecule has 0 radical (unpaired) electrons. The Labute approximate surface area is 110 Å². The Kier molecular flexibility index (Phi) is 5.00. The van der Waals surface area contributed by atoms with Crippen molar-refractivity contribution in [2.75, 3.05) is 11.3 Å². The second-order valence-electron chi connectivity index (χ2n) is 3.86. The molecule has 1 aromatic rings. The minimum atomic E-state index is -3.45. The highest BCUT2D eigenvalue weighted by Gasteiger charge is 2.09. The largest absolute Gasteiger partial charge is 0.299 e. The van der Waals surface area contributed by atoms with Crippen molar-refractivity contribution in [3.05, 3.63) is 27.8 Å². The Hall–Kier alpha value is -0.340. The van der Waals surface area contributed by atoms with Crippen molar-refractivity contribution in [3.63, 3.8) is 0 Å². The summed E-state index contributed by atoms with van der Waals surface area (Å²) in [5.74, 6) is 0.285. The summed E-state index contributed by atoms with van der Waals surface area (Å²) < 4.78 is 29.1. The van der Waals surface area contributed by atoms with Crippen LogP contribution in [0.5, 0.6) is 0 Å². The smallest absolute Gasteiger partial charge is 0.271 e. The third-order valence-electron chi connectivity index (χ3n) is 1.76. The van der Waals surface area contributed by atoms with Crippen molar-refractivity contribution in [2.24, 2.45) is 5.92 Å². The van der Waals surface area contributed by atoms with E-state index in [-0.39, 0.29) is 5.92 Å². The molecule has 0 heterocycles. The van der Waals surface area contributed by atoms with Gasteiger partial charge in [0.15, 0.2) is 0 Å². The molecule has 0 aliphatic carbocycles. The maximum absolute atomic E-state index is 11.6. The average molecular weight is 354 g/mol. The number of benzene rings is 1. The molecule has 1 aromatic carbocycles. The fraction of sp³-hybridized carbons (Fsp3) is 0.400. The van der Waals surface area contributed by atoms with E-state index in [1.54, 1.807) is 12.1 Å². The summed E-state index contributed by atoms with van der Waals surface area (Å²) in [6.07, 6.45) is 0. The lowest BCUT2D eigenvalue weighted by molar-refractivity contribution is 0.565. The molecular formula is C10H15IN2O2S. The van der Waals surface area contributed by atoms with E-state index >= 15 is 0 Å². The molecule has 0 amide bonds. The van der Waals surface area contributed by atoms with Gasteiger partial charge in [0.25, 0.3) is 10.2 Å². The van der Waals surface area contributed by atoms with Crippen LogP contribution in [-0.4, -0.2) is 15.0 Å². The van der Waals surface area contributed by atoms with E-state index in [2.05, 4.69) is 32.0 Å². The van der Waals surface area contributed by atoms with Gasteiger partial charge in [0, 0.05) is 10.1 Å². The number of anilines is 1. The van der Waals surface area contributed by atoms with Gasteiger partial charge in [-0.1, -0.05) is 19.9 Å². The average Bonchev–Trinajstić information content (AvgIpc) is 2.14. The predicted octanol–water partition coefficient (Wildman–Crippen LogP) is 2.19. The van der Waals surface area contributed by atoms with Crippen LogP contribution in [0.1, 0.15) is 13.8 Å². The standard InChI is InChI=1S/C10H15IN2O2S/c1-8(2)7-12-16(14,15)13-10-5-3-4-9(11)6-10/h3-6,8,12-13H,7H2,1-2H3. The monoisotopic (exact) mass is 354 g/mol. The molecule has 0 aromatic heterocycles. The predicted molar refractivity (Wildman–Crippen MR) is 74.5 cm³/mol. The van der Waals surface area contributed by atoms with Gasteiger partial charge in [0.2, 0.25) is 0 Å². The van der Waals surface area contributed by atoms with Gasteiger partial charge in [0.05, 0.1) is 5.69 Å². The topological polar surface area (TPSA) is 58.2 Å². The Morgan fingerprint density at radius 1 is 1.38 bits per heavy atom. The Bertz CT molecular complexity index is 446. The highest BCUT2D eigenvalue weighted by molar-refractivity contribution is 14.1. The lowest BCUT2D eigenvalue weighted by Gasteiger charge is -2.10. The van der Waals surface area contributed by atoms with Gasteiger partial charge in [-0.3, -0.25) is 4.72 Å². The first-order chi connectivity index (χ1) is 7.39. The molecule has 90 valence electrons. The number of hydrogen-bond donors (Lipinski definition) is 2. The zero-order valence-electron chi connectivity index (χ0n) is 9.20. The summed E-state index contributed by atoms with van der Waals surface area (Å²) >= 11 is 2.13. The first-order valence-corrected chi connectivity index (χ1v) is 7.48. The number of rotatable bonds is 5. The van der Waals surface area contributed by atoms with Crippen molar-refractivity contribution in [1.29, 1.82) is 0 Å². The molecular weight excluding hydrogens is 339 g/mol. The quantitative estimate of drug-likeness (QED) is 0.797. The van der Waals surface area contributed by atoms with Crippen LogP contribution in [0, 0.1) is 9.49 Å². The highest BCUT2D eigenvalue weighted by atomic mass is 127. The molecule has 1 rings (SSSR count). The molecule has 0 aliphatic rings. The SMILES string of the molecule is CC(C)CNS(=O)(=O)Nc1cccc(I)c1. The molecule has 0 saturated carbocycles. The van der Waals surface area contributed by atoms with Crippen molar-refractivity contribution >= 4 is 38.5 Å². The number of hydrogen-bond acceptors (Lipinski definition) is 2. The second-order valence-corrected chi connectivity index (χ2v) is 6.60. The summed E-state index contributed by atoms with van der Waals surface area (Å²) in [5.41, 5.74) is 0.572. The third kappa shape index (κ3) is 5.13. The van der Waals surface area contributed by atoms with Crippen LogP contribution in [0.3, 0.4) is 0 Å². The van der Waals surface area contributed by atoms with Crippen LogP contribution in [-0.2, 0) is 10.2 Å². The number of halogens is 1. The van der Waals surface area contributed by atoms with E-state index in [1.165, 1.54) is 0 Å². The fourth-order valence-corrected chi connectivity index (χ4v) is 2.62. The maximum Gasteiger partial charge on any atom is 0.299 e. The van der Waals surface area contributed by atoms with Gasteiger partial charge in [-0.25, -0.2) is 0 Å². The highest BCUT2D eigenvalue weighted by Crippen LogP contribution is 2.13. The summed E-state index contributed by atoms with van der Waals surface area (Å²) in [6, 6.07) is 7.20. The van der Waals surface area contributed by atoms with Crippen molar-refractivity contribution in [3.8, 4) is 0 Å². The fourth-order valence-electron chi connectivity index (χ4n) is 1.02. The molecule has 0 aliphatic heterocycles. The Morgan fingerprint density at radius 2 is 2.06 bits per heavy atom.